The van der Waals surface area contributed by atoms with E-state index in [1.54, 1.807) is 35.1 Å². The second-order valence-electron chi connectivity index (χ2n) is 8.33. The number of amides is 2. The minimum atomic E-state index is -0.878. The fraction of sp³-hybridized carbons (Fsp3) is 0.364. The van der Waals surface area contributed by atoms with Crippen molar-refractivity contribution in [3.8, 4) is 0 Å². The van der Waals surface area contributed by atoms with Gasteiger partial charge in [-0.2, -0.15) is 5.10 Å². The fourth-order valence-electron chi connectivity index (χ4n) is 4.62. The number of carbonyl (C=O) groups excluding carboxylic acids is 2. The van der Waals surface area contributed by atoms with Gasteiger partial charge in [0.25, 0.3) is 5.91 Å². The predicted molar refractivity (Wildman–Crippen MR) is 109 cm³/mol. The summed E-state index contributed by atoms with van der Waals surface area (Å²) in [6.45, 7) is 2.75. The molecule has 166 valence electrons. The van der Waals surface area contributed by atoms with Crippen molar-refractivity contribution in [2.45, 2.75) is 38.3 Å². The summed E-state index contributed by atoms with van der Waals surface area (Å²) >= 11 is 0. The predicted octanol–water partition coefficient (Wildman–Crippen LogP) is 3.03. The normalized spacial score (nSPS) is 17.7. The molecule has 1 aromatic carbocycles. The summed E-state index contributed by atoms with van der Waals surface area (Å²) < 4.78 is 34.2. The molecular formula is C22H21F2N5O3. The highest BCUT2D eigenvalue weighted by Crippen LogP contribution is 2.41. The van der Waals surface area contributed by atoms with Crippen LogP contribution in [0.15, 0.2) is 41.1 Å². The number of piperidine rings is 1. The number of benzene rings is 1. The number of hydrogen-bond acceptors (Lipinski definition) is 5. The Morgan fingerprint density at radius 2 is 1.97 bits per heavy atom. The summed E-state index contributed by atoms with van der Waals surface area (Å²) in [7, 11) is 0. The van der Waals surface area contributed by atoms with Gasteiger partial charge in [-0.25, -0.2) is 13.5 Å². The topological polar surface area (TPSA) is 84.5 Å². The van der Waals surface area contributed by atoms with Gasteiger partial charge in [0.1, 0.15) is 28.9 Å². The molecule has 0 unspecified atom stereocenters. The number of likely N-dealkylation sites (tertiary alicyclic amines) is 1. The Balaban J connectivity index is 1.35. The molecule has 0 saturated carbocycles. The van der Waals surface area contributed by atoms with E-state index in [1.807, 2.05) is 4.68 Å². The number of carbonyl (C=O) groups is 2. The van der Waals surface area contributed by atoms with Gasteiger partial charge in [0.15, 0.2) is 0 Å². The summed E-state index contributed by atoms with van der Waals surface area (Å²) in [6.07, 6.45) is 2.89. The number of rotatable bonds is 3. The summed E-state index contributed by atoms with van der Waals surface area (Å²) in [5.74, 6) is -0.799. The summed E-state index contributed by atoms with van der Waals surface area (Å²) in [5.41, 5.74) is -0.0539. The van der Waals surface area contributed by atoms with Gasteiger partial charge in [0, 0.05) is 31.3 Å². The van der Waals surface area contributed by atoms with Crippen LogP contribution in [0.3, 0.4) is 0 Å². The molecule has 2 aromatic heterocycles. The van der Waals surface area contributed by atoms with Crippen LogP contribution in [0.5, 0.6) is 0 Å². The first-order valence-corrected chi connectivity index (χ1v) is 10.4. The zero-order chi connectivity index (χ0) is 22.5. The molecule has 5 rings (SSSR count). The van der Waals surface area contributed by atoms with Gasteiger partial charge < -0.3 is 9.42 Å². The minimum Gasteiger partial charge on any atom is -0.361 e. The van der Waals surface area contributed by atoms with Crippen molar-refractivity contribution in [2.75, 3.05) is 18.0 Å². The Morgan fingerprint density at radius 3 is 2.66 bits per heavy atom. The molecule has 4 heterocycles. The van der Waals surface area contributed by atoms with E-state index in [1.165, 1.54) is 0 Å². The van der Waals surface area contributed by atoms with Gasteiger partial charge in [-0.05, 0) is 31.9 Å². The lowest BCUT2D eigenvalue weighted by atomic mass is 9.82. The average molecular weight is 441 g/mol. The van der Waals surface area contributed by atoms with Crippen molar-refractivity contribution in [3.05, 3.63) is 65.2 Å². The SMILES string of the molecule is Cc1cc(CN2C(=O)CC3(CCN(C(=O)c4ccc(F)cc4F)CC3)n3nccc32)no1. The Morgan fingerprint density at radius 1 is 1.19 bits per heavy atom. The van der Waals surface area contributed by atoms with Crippen molar-refractivity contribution >= 4 is 17.6 Å². The van der Waals surface area contributed by atoms with Crippen LogP contribution in [-0.4, -0.2) is 44.7 Å². The van der Waals surface area contributed by atoms with E-state index in [0.717, 1.165) is 12.1 Å². The number of aryl methyl sites for hydroxylation is 1. The molecule has 2 aliphatic rings. The smallest absolute Gasteiger partial charge is 0.256 e. The molecule has 0 atom stereocenters. The monoisotopic (exact) mass is 441 g/mol. The summed E-state index contributed by atoms with van der Waals surface area (Å²) in [4.78, 5) is 29.1. The van der Waals surface area contributed by atoms with Crippen LogP contribution in [0, 0.1) is 18.6 Å². The second kappa shape index (κ2) is 7.54. The number of fused-ring (bicyclic) bond motifs is 2. The van der Waals surface area contributed by atoms with E-state index >= 15 is 0 Å². The highest BCUT2D eigenvalue weighted by molar-refractivity contribution is 5.95. The first-order chi connectivity index (χ1) is 15.4. The lowest BCUT2D eigenvalue weighted by Gasteiger charge is -2.46. The van der Waals surface area contributed by atoms with E-state index in [9.17, 15) is 18.4 Å². The van der Waals surface area contributed by atoms with Crippen molar-refractivity contribution in [3.63, 3.8) is 0 Å². The van der Waals surface area contributed by atoms with Crippen LogP contribution < -0.4 is 4.90 Å². The van der Waals surface area contributed by atoms with Crippen LogP contribution in [0.2, 0.25) is 0 Å². The van der Waals surface area contributed by atoms with Crippen LogP contribution in [0.25, 0.3) is 0 Å². The molecule has 3 aromatic rings. The Bertz CT molecular complexity index is 1200. The maximum Gasteiger partial charge on any atom is 0.256 e. The van der Waals surface area contributed by atoms with Gasteiger partial charge in [0.2, 0.25) is 5.91 Å². The third kappa shape index (κ3) is 3.35. The zero-order valence-electron chi connectivity index (χ0n) is 17.4. The Labute approximate surface area is 182 Å². The molecule has 0 radical (unpaired) electrons. The molecule has 2 aliphatic heterocycles. The third-order valence-electron chi connectivity index (χ3n) is 6.27. The Hall–Kier alpha value is -3.56. The van der Waals surface area contributed by atoms with Crippen molar-refractivity contribution in [1.82, 2.24) is 19.8 Å². The number of hydrogen-bond donors (Lipinski definition) is 0. The van der Waals surface area contributed by atoms with E-state index in [0.29, 0.717) is 49.3 Å². The fourth-order valence-corrected chi connectivity index (χ4v) is 4.62. The minimum absolute atomic E-state index is 0.0528. The molecule has 32 heavy (non-hydrogen) atoms. The quantitative estimate of drug-likeness (QED) is 0.624. The molecule has 1 saturated heterocycles. The van der Waals surface area contributed by atoms with Crippen LogP contribution in [0.4, 0.5) is 14.6 Å². The van der Waals surface area contributed by atoms with Crippen LogP contribution in [0.1, 0.15) is 41.1 Å². The molecule has 1 spiro atoms. The lowest BCUT2D eigenvalue weighted by Crippen LogP contribution is -2.54. The number of halogens is 2. The molecule has 2 amide bonds. The zero-order valence-corrected chi connectivity index (χ0v) is 17.4. The van der Waals surface area contributed by atoms with E-state index in [2.05, 4.69) is 10.3 Å². The number of nitrogens with zero attached hydrogens (tertiary/aromatic N) is 5. The van der Waals surface area contributed by atoms with Gasteiger partial charge in [-0.1, -0.05) is 5.16 Å². The van der Waals surface area contributed by atoms with Crippen molar-refractivity contribution < 1.29 is 22.9 Å². The lowest BCUT2D eigenvalue weighted by molar-refractivity contribution is -0.123. The standard InChI is InChI=1S/C22H21F2N5O3/c1-14-10-16(26-32-14)13-28-19-4-7-25-29(19)22(12-20(28)30)5-8-27(9-6-22)21(31)17-3-2-15(23)11-18(17)24/h2-4,7,10-11H,5-6,8-9,12-13H2,1H3. The van der Waals surface area contributed by atoms with Crippen LogP contribution >= 0.6 is 0 Å². The van der Waals surface area contributed by atoms with Gasteiger partial charge in [0.05, 0.1) is 30.3 Å². The molecule has 10 heteroatoms. The summed E-state index contributed by atoms with van der Waals surface area (Å²) in [6, 6.07) is 6.52. The maximum atomic E-state index is 14.1. The molecule has 1 fully saturated rings. The molecule has 0 aliphatic carbocycles. The second-order valence-corrected chi connectivity index (χ2v) is 8.33. The van der Waals surface area contributed by atoms with Gasteiger partial charge in [-0.15, -0.1) is 0 Å². The third-order valence-corrected chi connectivity index (χ3v) is 6.27. The van der Waals surface area contributed by atoms with E-state index < -0.39 is 23.1 Å². The van der Waals surface area contributed by atoms with E-state index in [-0.39, 0.29) is 24.4 Å². The highest BCUT2D eigenvalue weighted by atomic mass is 19.1. The first kappa shape index (κ1) is 20.3. The molecule has 8 nitrogen and oxygen atoms in total. The average Bonchev–Trinajstić information content (AvgIpc) is 3.41. The largest absolute Gasteiger partial charge is 0.361 e. The molecule has 0 N–H and O–H groups in total. The molecule has 0 bridgehead atoms. The van der Waals surface area contributed by atoms with Crippen LogP contribution in [-0.2, 0) is 16.9 Å². The number of anilines is 1. The molecular weight excluding hydrogens is 420 g/mol. The van der Waals surface area contributed by atoms with Crippen molar-refractivity contribution in [2.24, 2.45) is 0 Å². The van der Waals surface area contributed by atoms with E-state index in [4.69, 9.17) is 4.52 Å². The maximum absolute atomic E-state index is 14.1. The van der Waals surface area contributed by atoms with Gasteiger partial charge in [-0.3, -0.25) is 14.5 Å². The Kier molecular flexibility index (Phi) is 4.79. The number of aromatic nitrogens is 3. The summed E-state index contributed by atoms with van der Waals surface area (Å²) in [5, 5.41) is 8.47. The first-order valence-electron chi connectivity index (χ1n) is 10.4. The van der Waals surface area contributed by atoms with Crippen molar-refractivity contribution in [1.29, 1.82) is 0 Å². The highest BCUT2D eigenvalue weighted by Gasteiger charge is 2.46. The van der Waals surface area contributed by atoms with Gasteiger partial charge >= 0.3 is 0 Å².